The van der Waals surface area contributed by atoms with Gasteiger partial charge < -0.3 is 20.3 Å². The highest BCUT2D eigenvalue weighted by molar-refractivity contribution is 5.98. The van der Waals surface area contributed by atoms with Crippen LogP contribution < -0.4 is 15.4 Å². The van der Waals surface area contributed by atoms with Crippen LogP contribution in [0.15, 0.2) is 36.4 Å². The lowest BCUT2D eigenvalue weighted by atomic mass is 10.1. The molecule has 3 rings (SSSR count). The summed E-state index contributed by atoms with van der Waals surface area (Å²) in [5, 5.41) is 5.00. The lowest BCUT2D eigenvalue weighted by molar-refractivity contribution is -0.120. The summed E-state index contributed by atoms with van der Waals surface area (Å²) >= 11 is 0. The summed E-state index contributed by atoms with van der Waals surface area (Å²) in [6.45, 7) is 0.579. The highest BCUT2D eigenvalue weighted by atomic mass is 19.1. The number of amides is 3. The fourth-order valence-electron chi connectivity index (χ4n) is 3.11. The summed E-state index contributed by atoms with van der Waals surface area (Å²) in [6.07, 6.45) is 0.0376. The quantitative estimate of drug-likeness (QED) is 0.780. The molecule has 1 saturated heterocycles. The van der Waals surface area contributed by atoms with Gasteiger partial charge in [-0.1, -0.05) is 12.1 Å². The largest absolute Gasteiger partial charge is 0.497 e. The van der Waals surface area contributed by atoms with Crippen molar-refractivity contribution in [3.8, 4) is 5.75 Å². The highest BCUT2D eigenvalue weighted by Crippen LogP contribution is 2.22. The summed E-state index contributed by atoms with van der Waals surface area (Å²) in [5.41, 5.74) is -0.0218. The second-order valence-corrected chi connectivity index (χ2v) is 6.78. The smallest absolute Gasteiger partial charge is 0.256 e. The van der Waals surface area contributed by atoms with Gasteiger partial charge in [0.15, 0.2) is 0 Å². The van der Waals surface area contributed by atoms with Gasteiger partial charge in [-0.05, 0) is 23.8 Å². The summed E-state index contributed by atoms with van der Waals surface area (Å²) in [4.78, 5) is 37.8. The van der Waals surface area contributed by atoms with Crippen molar-refractivity contribution in [2.75, 3.05) is 32.1 Å². The first-order valence-corrected chi connectivity index (χ1v) is 9.35. The van der Waals surface area contributed by atoms with Gasteiger partial charge in [-0.2, -0.15) is 0 Å². The van der Waals surface area contributed by atoms with E-state index in [-0.39, 0.29) is 49.6 Å². The van der Waals surface area contributed by atoms with Crippen LogP contribution in [0.3, 0.4) is 0 Å². The van der Waals surface area contributed by atoms with Crippen LogP contribution in [-0.4, -0.2) is 49.4 Å². The van der Waals surface area contributed by atoms with Gasteiger partial charge in [0.2, 0.25) is 11.8 Å². The van der Waals surface area contributed by atoms with Crippen LogP contribution >= 0.6 is 0 Å². The van der Waals surface area contributed by atoms with Crippen molar-refractivity contribution in [2.24, 2.45) is 0 Å². The number of carbonyl (C=O) groups is 3. The van der Waals surface area contributed by atoms with Crippen LogP contribution in [0.1, 0.15) is 22.3 Å². The van der Waals surface area contributed by atoms with Crippen molar-refractivity contribution in [3.63, 3.8) is 0 Å². The van der Waals surface area contributed by atoms with Crippen LogP contribution in [0.5, 0.6) is 5.75 Å². The Bertz CT molecular complexity index is 981. The molecule has 30 heavy (non-hydrogen) atoms. The van der Waals surface area contributed by atoms with E-state index < -0.39 is 23.4 Å². The molecule has 0 saturated carbocycles. The fraction of sp³-hybridized carbons (Fsp3) is 0.286. The monoisotopic (exact) mass is 417 g/mol. The molecule has 0 spiro atoms. The SMILES string of the molecule is COc1cccc(CC(=O)Nc2cc(C(=O)N3CCNC(=O)CC3)c(F)cc2F)c1. The first-order valence-electron chi connectivity index (χ1n) is 9.35. The molecule has 1 heterocycles. The summed E-state index contributed by atoms with van der Waals surface area (Å²) in [7, 11) is 1.50. The van der Waals surface area contributed by atoms with E-state index in [2.05, 4.69) is 10.6 Å². The maximum atomic E-state index is 14.3. The summed E-state index contributed by atoms with van der Waals surface area (Å²) in [5.74, 6) is -2.85. The molecule has 1 aliphatic rings. The molecule has 1 aliphatic heterocycles. The average molecular weight is 417 g/mol. The van der Waals surface area contributed by atoms with Crippen molar-refractivity contribution in [1.29, 1.82) is 0 Å². The first-order chi connectivity index (χ1) is 14.4. The third-order valence-electron chi connectivity index (χ3n) is 4.66. The predicted octanol–water partition coefficient (Wildman–Crippen LogP) is 2.12. The van der Waals surface area contributed by atoms with E-state index in [0.717, 1.165) is 6.07 Å². The van der Waals surface area contributed by atoms with E-state index >= 15 is 0 Å². The van der Waals surface area contributed by atoms with Crippen LogP contribution in [0.2, 0.25) is 0 Å². The number of halogens is 2. The maximum absolute atomic E-state index is 14.3. The molecule has 3 amide bonds. The van der Waals surface area contributed by atoms with Crippen molar-refractivity contribution < 1.29 is 27.9 Å². The molecule has 0 atom stereocenters. The third-order valence-corrected chi connectivity index (χ3v) is 4.66. The maximum Gasteiger partial charge on any atom is 0.256 e. The van der Waals surface area contributed by atoms with Crippen molar-refractivity contribution in [2.45, 2.75) is 12.8 Å². The number of rotatable bonds is 5. The zero-order chi connectivity index (χ0) is 21.7. The number of nitrogens with zero attached hydrogens (tertiary/aromatic N) is 1. The molecule has 0 bridgehead atoms. The van der Waals surface area contributed by atoms with Gasteiger partial charge in [0.1, 0.15) is 17.4 Å². The number of hydrogen-bond acceptors (Lipinski definition) is 4. The Morgan fingerprint density at radius 3 is 2.73 bits per heavy atom. The summed E-state index contributed by atoms with van der Waals surface area (Å²) in [6, 6.07) is 8.38. The van der Waals surface area contributed by atoms with Gasteiger partial charge in [-0.25, -0.2) is 8.78 Å². The molecule has 0 unspecified atom stereocenters. The number of carbonyl (C=O) groups excluding carboxylic acids is 3. The molecular formula is C21H21F2N3O4. The van der Waals surface area contributed by atoms with Crippen LogP contribution in [0, 0.1) is 11.6 Å². The molecule has 0 radical (unpaired) electrons. The van der Waals surface area contributed by atoms with Crippen molar-refractivity contribution >= 4 is 23.4 Å². The molecule has 9 heteroatoms. The summed E-state index contributed by atoms with van der Waals surface area (Å²) < 4.78 is 33.6. The Kier molecular flexibility index (Phi) is 6.61. The van der Waals surface area contributed by atoms with E-state index in [9.17, 15) is 23.2 Å². The third kappa shape index (κ3) is 5.11. The lowest BCUT2D eigenvalue weighted by Gasteiger charge is -2.20. The topological polar surface area (TPSA) is 87.7 Å². The Morgan fingerprint density at radius 2 is 1.97 bits per heavy atom. The van der Waals surface area contributed by atoms with Gasteiger partial charge in [0, 0.05) is 32.1 Å². The molecule has 0 aromatic heterocycles. The molecule has 1 fully saturated rings. The highest BCUT2D eigenvalue weighted by Gasteiger charge is 2.24. The Balaban J connectivity index is 1.76. The Labute approximate surface area is 172 Å². The molecular weight excluding hydrogens is 396 g/mol. The van der Waals surface area contributed by atoms with Gasteiger partial charge in [0.05, 0.1) is 24.8 Å². The number of ether oxygens (including phenoxy) is 1. The minimum absolute atomic E-state index is 0.0583. The van der Waals surface area contributed by atoms with Crippen LogP contribution in [-0.2, 0) is 16.0 Å². The number of nitrogens with one attached hydrogen (secondary N) is 2. The normalized spacial score (nSPS) is 14.0. The number of hydrogen-bond donors (Lipinski definition) is 2. The van der Waals surface area contributed by atoms with Gasteiger partial charge >= 0.3 is 0 Å². The second kappa shape index (κ2) is 9.34. The number of anilines is 1. The second-order valence-electron chi connectivity index (χ2n) is 6.78. The minimum Gasteiger partial charge on any atom is -0.497 e. The molecule has 2 N–H and O–H groups in total. The van der Waals surface area contributed by atoms with Gasteiger partial charge in [-0.3, -0.25) is 14.4 Å². The van der Waals surface area contributed by atoms with Crippen LogP contribution in [0.4, 0.5) is 14.5 Å². The predicted molar refractivity (Wildman–Crippen MR) is 105 cm³/mol. The molecule has 7 nitrogen and oxygen atoms in total. The van der Waals surface area contributed by atoms with Gasteiger partial charge in [0.25, 0.3) is 5.91 Å². The van der Waals surface area contributed by atoms with E-state index in [1.54, 1.807) is 24.3 Å². The molecule has 2 aromatic rings. The first kappa shape index (κ1) is 21.2. The van der Waals surface area contributed by atoms with E-state index in [4.69, 9.17) is 4.74 Å². The lowest BCUT2D eigenvalue weighted by Crippen LogP contribution is -2.34. The van der Waals surface area contributed by atoms with E-state index in [0.29, 0.717) is 17.4 Å². The van der Waals surface area contributed by atoms with Crippen LogP contribution in [0.25, 0.3) is 0 Å². The van der Waals surface area contributed by atoms with Gasteiger partial charge in [-0.15, -0.1) is 0 Å². The fourth-order valence-corrected chi connectivity index (χ4v) is 3.11. The zero-order valence-corrected chi connectivity index (χ0v) is 16.3. The minimum atomic E-state index is -1.04. The molecule has 2 aromatic carbocycles. The standard InChI is InChI=1S/C21H21F2N3O4/c1-30-14-4-2-3-13(9-14)10-20(28)25-18-11-15(16(22)12-17(18)23)21(29)26-7-5-19(27)24-6-8-26/h2-4,9,11-12H,5-8,10H2,1H3,(H,24,27)(H,25,28). The van der Waals surface area contributed by atoms with E-state index in [1.165, 1.54) is 12.0 Å². The van der Waals surface area contributed by atoms with Crippen molar-refractivity contribution in [1.82, 2.24) is 10.2 Å². The molecule has 0 aliphatic carbocycles. The Morgan fingerprint density at radius 1 is 1.17 bits per heavy atom. The van der Waals surface area contributed by atoms with E-state index in [1.807, 2.05) is 0 Å². The number of methoxy groups -OCH3 is 1. The molecule has 158 valence electrons. The van der Waals surface area contributed by atoms with Crippen molar-refractivity contribution in [3.05, 3.63) is 59.2 Å². The average Bonchev–Trinajstić information content (AvgIpc) is 2.94. The number of benzene rings is 2. The Hall–Kier alpha value is -3.49. The zero-order valence-electron chi connectivity index (χ0n) is 16.3.